The Morgan fingerprint density at radius 2 is 2.10 bits per heavy atom. The fraction of sp³-hybridized carbons (Fsp3) is 0.308. The minimum absolute atomic E-state index is 0.0177. The third-order valence-electron chi connectivity index (χ3n) is 2.71. The molecule has 0 aromatic heterocycles. The molecule has 0 spiro atoms. The van der Waals surface area contributed by atoms with Gasteiger partial charge in [-0.3, -0.25) is 10.1 Å². The van der Waals surface area contributed by atoms with Gasteiger partial charge >= 0.3 is 12.1 Å². The van der Waals surface area contributed by atoms with Crippen LogP contribution in [0.15, 0.2) is 23.2 Å². The van der Waals surface area contributed by atoms with Gasteiger partial charge in [-0.05, 0) is 24.1 Å². The van der Waals surface area contributed by atoms with Gasteiger partial charge < -0.3 is 10.1 Å². The summed E-state index contributed by atoms with van der Waals surface area (Å²) in [5, 5.41) is 5.59. The van der Waals surface area contributed by atoms with Crippen molar-refractivity contribution in [3.63, 3.8) is 0 Å². The van der Waals surface area contributed by atoms with Crippen molar-refractivity contribution in [2.75, 3.05) is 5.32 Å². The van der Waals surface area contributed by atoms with E-state index in [0.717, 1.165) is 0 Å². The zero-order valence-electron chi connectivity index (χ0n) is 11.3. The maximum absolute atomic E-state index is 11.7. The van der Waals surface area contributed by atoms with Gasteiger partial charge in [-0.2, -0.15) is 0 Å². The molecular weight excluding hydrogens is 317 g/mol. The number of hydrogen-bond donors (Lipinski definition) is 2. The maximum Gasteiger partial charge on any atom is 0.349 e. The number of carbonyl (C=O) groups excluding carboxylic acids is 2. The average Bonchev–Trinajstić information content (AvgIpc) is 2.75. The highest BCUT2D eigenvalue weighted by atomic mass is 35.5. The van der Waals surface area contributed by atoms with E-state index in [-0.39, 0.29) is 17.8 Å². The second kappa shape index (κ2) is 6.32. The number of halogens is 2. The third-order valence-corrected chi connectivity index (χ3v) is 3.45. The van der Waals surface area contributed by atoms with E-state index in [1.807, 2.05) is 13.8 Å². The molecule has 0 bridgehead atoms. The molecule has 1 aliphatic rings. The van der Waals surface area contributed by atoms with E-state index in [4.69, 9.17) is 27.9 Å². The molecular formula is C13H13Cl2N3O3. The molecule has 1 heterocycles. The molecule has 1 aromatic rings. The Kier molecular flexibility index (Phi) is 4.69. The monoisotopic (exact) mass is 329 g/mol. The van der Waals surface area contributed by atoms with Gasteiger partial charge in [0, 0.05) is 5.69 Å². The van der Waals surface area contributed by atoms with Crippen LogP contribution in [0.3, 0.4) is 0 Å². The number of amides is 3. The van der Waals surface area contributed by atoms with E-state index in [2.05, 4.69) is 15.6 Å². The number of carbonyl (C=O) groups is 2. The van der Waals surface area contributed by atoms with Crippen molar-refractivity contribution in [3.05, 3.63) is 28.2 Å². The number of ether oxygens (including phenoxy) is 1. The van der Waals surface area contributed by atoms with Crippen molar-refractivity contribution in [2.45, 2.75) is 20.0 Å². The van der Waals surface area contributed by atoms with Crippen LogP contribution in [0.25, 0.3) is 0 Å². The summed E-state index contributed by atoms with van der Waals surface area (Å²) in [6, 6.07) is 3.82. The van der Waals surface area contributed by atoms with E-state index in [9.17, 15) is 9.59 Å². The van der Waals surface area contributed by atoms with Crippen LogP contribution in [-0.4, -0.2) is 24.1 Å². The van der Waals surface area contributed by atoms with E-state index >= 15 is 0 Å². The number of benzene rings is 1. The Balaban J connectivity index is 2.03. The van der Waals surface area contributed by atoms with Crippen LogP contribution in [-0.2, 0) is 9.53 Å². The van der Waals surface area contributed by atoms with E-state index in [1.54, 1.807) is 12.1 Å². The first-order valence-corrected chi connectivity index (χ1v) is 6.94. The van der Waals surface area contributed by atoms with Crippen molar-refractivity contribution >= 4 is 46.8 Å². The molecule has 1 aliphatic heterocycles. The molecule has 2 rings (SSSR count). The van der Waals surface area contributed by atoms with Gasteiger partial charge in [0.15, 0.2) is 6.10 Å². The number of rotatable bonds is 2. The molecule has 0 aliphatic carbocycles. The molecule has 1 saturated heterocycles. The van der Waals surface area contributed by atoms with Gasteiger partial charge in [0.1, 0.15) is 0 Å². The fourth-order valence-corrected chi connectivity index (χ4v) is 1.99. The Bertz CT molecular complexity index is 617. The van der Waals surface area contributed by atoms with Crippen LogP contribution in [0.2, 0.25) is 10.0 Å². The summed E-state index contributed by atoms with van der Waals surface area (Å²) in [5.74, 6) is -0.332. The maximum atomic E-state index is 11.7. The number of hydrogen-bond acceptors (Lipinski definition) is 3. The Hall–Kier alpha value is -1.79. The predicted molar refractivity (Wildman–Crippen MR) is 80.8 cm³/mol. The average molecular weight is 330 g/mol. The molecule has 3 amide bonds. The number of nitrogens with zero attached hydrogens (tertiary/aromatic N) is 1. The predicted octanol–water partition coefficient (Wildman–Crippen LogP) is 3.05. The van der Waals surface area contributed by atoms with Gasteiger partial charge in [-0.25, -0.2) is 4.79 Å². The van der Waals surface area contributed by atoms with Gasteiger partial charge in [0.25, 0.3) is 5.91 Å². The quantitative estimate of drug-likeness (QED) is 0.875. The summed E-state index contributed by atoms with van der Waals surface area (Å²) in [6.07, 6.45) is -0.637. The topological polar surface area (TPSA) is 79.8 Å². The molecule has 0 unspecified atom stereocenters. The molecule has 6 nitrogen and oxygen atoms in total. The standard InChI is InChI=1S/C13H13Cl2N3O3/c1-6(2)10-11(19)17-13(21-10)18-12(20)16-7-3-4-8(14)9(15)5-7/h3-6,10H,1-2H3,(H2,16,17,18,19,20)/t10-/m0/s1. The van der Waals surface area contributed by atoms with Crippen LogP contribution in [0.5, 0.6) is 0 Å². The second-order valence-corrected chi connectivity index (χ2v) is 5.56. The van der Waals surface area contributed by atoms with Crippen molar-refractivity contribution in [2.24, 2.45) is 10.9 Å². The van der Waals surface area contributed by atoms with Crippen molar-refractivity contribution in [3.8, 4) is 0 Å². The summed E-state index contributed by atoms with van der Waals surface area (Å²) < 4.78 is 5.27. The number of urea groups is 1. The van der Waals surface area contributed by atoms with Crippen molar-refractivity contribution < 1.29 is 14.3 Å². The summed E-state index contributed by atoms with van der Waals surface area (Å²) in [5.41, 5.74) is 0.434. The molecule has 0 radical (unpaired) electrons. The normalized spacial score (nSPS) is 19.6. The van der Waals surface area contributed by atoms with E-state index in [0.29, 0.717) is 15.7 Å². The summed E-state index contributed by atoms with van der Waals surface area (Å²) in [6.45, 7) is 3.67. The molecule has 112 valence electrons. The Morgan fingerprint density at radius 1 is 1.38 bits per heavy atom. The van der Waals surface area contributed by atoms with Gasteiger partial charge in [0.2, 0.25) is 0 Å². The molecule has 0 saturated carbocycles. The molecule has 21 heavy (non-hydrogen) atoms. The zero-order chi connectivity index (χ0) is 15.6. The van der Waals surface area contributed by atoms with E-state index in [1.165, 1.54) is 6.07 Å². The molecule has 2 N–H and O–H groups in total. The van der Waals surface area contributed by atoms with Gasteiger partial charge in [0.05, 0.1) is 10.0 Å². The lowest BCUT2D eigenvalue weighted by Crippen LogP contribution is -2.28. The van der Waals surface area contributed by atoms with Crippen LogP contribution >= 0.6 is 23.2 Å². The number of amidine groups is 1. The van der Waals surface area contributed by atoms with Gasteiger partial charge in [-0.1, -0.05) is 37.0 Å². The summed E-state index contributed by atoms with van der Waals surface area (Å²) in [7, 11) is 0. The first kappa shape index (κ1) is 15.6. The summed E-state index contributed by atoms with van der Waals surface area (Å²) >= 11 is 11.6. The molecule has 8 heteroatoms. The Morgan fingerprint density at radius 3 is 2.67 bits per heavy atom. The lowest BCUT2D eigenvalue weighted by atomic mass is 10.1. The SMILES string of the molecule is CC(C)[C@@H]1O/C(=N/C(=O)Nc2ccc(Cl)c(Cl)c2)NC1=O. The van der Waals surface area contributed by atoms with Crippen molar-refractivity contribution in [1.29, 1.82) is 0 Å². The first-order chi connectivity index (χ1) is 9.86. The van der Waals surface area contributed by atoms with E-state index < -0.39 is 12.1 Å². The van der Waals surface area contributed by atoms with Crippen LogP contribution in [0.4, 0.5) is 10.5 Å². The molecule has 1 fully saturated rings. The van der Waals surface area contributed by atoms with Crippen LogP contribution < -0.4 is 10.6 Å². The Labute approximate surface area is 131 Å². The lowest BCUT2D eigenvalue weighted by Gasteiger charge is -2.09. The molecule has 1 atom stereocenters. The zero-order valence-corrected chi connectivity index (χ0v) is 12.8. The van der Waals surface area contributed by atoms with Crippen LogP contribution in [0.1, 0.15) is 13.8 Å². The van der Waals surface area contributed by atoms with Crippen molar-refractivity contribution in [1.82, 2.24) is 5.32 Å². The number of anilines is 1. The minimum Gasteiger partial charge on any atom is -0.451 e. The lowest BCUT2D eigenvalue weighted by molar-refractivity contribution is -0.124. The minimum atomic E-state index is -0.687. The fourth-order valence-electron chi connectivity index (χ4n) is 1.69. The van der Waals surface area contributed by atoms with Gasteiger partial charge in [-0.15, -0.1) is 4.99 Å². The highest BCUT2D eigenvalue weighted by molar-refractivity contribution is 6.42. The third kappa shape index (κ3) is 3.86. The first-order valence-electron chi connectivity index (χ1n) is 6.19. The highest BCUT2D eigenvalue weighted by Crippen LogP contribution is 2.25. The second-order valence-electron chi connectivity index (χ2n) is 4.75. The number of nitrogens with one attached hydrogen (secondary N) is 2. The smallest absolute Gasteiger partial charge is 0.349 e. The highest BCUT2D eigenvalue weighted by Gasteiger charge is 2.33. The number of aliphatic imine (C=N–C) groups is 1. The molecule has 1 aromatic carbocycles. The largest absolute Gasteiger partial charge is 0.451 e. The summed E-state index contributed by atoms with van der Waals surface area (Å²) in [4.78, 5) is 27.0. The van der Waals surface area contributed by atoms with Crippen LogP contribution in [0, 0.1) is 5.92 Å².